The summed E-state index contributed by atoms with van der Waals surface area (Å²) < 4.78 is 1.94. The van der Waals surface area contributed by atoms with Crippen LogP contribution in [0.3, 0.4) is 0 Å². The van der Waals surface area contributed by atoms with Gasteiger partial charge in [0.05, 0.1) is 34.9 Å². The highest BCUT2D eigenvalue weighted by Crippen LogP contribution is 2.25. The summed E-state index contributed by atoms with van der Waals surface area (Å²) in [7, 11) is 0. The molecule has 1 fully saturated rings. The number of nitrogens with one attached hydrogen (secondary N) is 1. The number of ketones is 1. The normalized spacial score (nSPS) is 21.1. The minimum absolute atomic E-state index is 0.0691. The minimum Gasteiger partial charge on any atom is -0.391 e. The number of hydrogen-bond acceptors (Lipinski definition) is 5. The van der Waals surface area contributed by atoms with Crippen molar-refractivity contribution in [2.45, 2.75) is 38.0 Å². The quantitative estimate of drug-likeness (QED) is 0.798. The number of carbonyl (C=O) groups is 1. The molecule has 1 unspecified atom stereocenters. The van der Waals surface area contributed by atoms with Gasteiger partial charge in [-0.2, -0.15) is 0 Å². The van der Waals surface area contributed by atoms with Crippen molar-refractivity contribution in [3.63, 3.8) is 0 Å². The highest BCUT2D eigenvalue weighted by atomic mass is 79.9. The van der Waals surface area contributed by atoms with Gasteiger partial charge in [0, 0.05) is 16.9 Å². The lowest BCUT2D eigenvalue weighted by Gasteiger charge is -2.28. The number of aliphatic hydroxyl groups excluding tert-OH is 1. The van der Waals surface area contributed by atoms with Gasteiger partial charge in [0.15, 0.2) is 5.78 Å². The Hall–Kier alpha value is -1.28. The van der Waals surface area contributed by atoms with Gasteiger partial charge in [0.25, 0.3) is 5.56 Å². The van der Waals surface area contributed by atoms with E-state index in [0.29, 0.717) is 26.8 Å². The van der Waals surface area contributed by atoms with Crippen LogP contribution in [0, 0.1) is 0 Å². The second kappa shape index (κ2) is 7.31. The highest BCUT2D eigenvalue weighted by molar-refractivity contribution is 9.10. The summed E-state index contributed by atoms with van der Waals surface area (Å²) >= 11 is 9.33. The fraction of sp³-hybridized carbons (Fsp3) is 0.438. The van der Waals surface area contributed by atoms with Crippen LogP contribution in [0.25, 0.3) is 10.9 Å². The Kier molecular flexibility index (Phi) is 5.34. The third-order valence-corrected chi connectivity index (χ3v) is 5.41. The summed E-state index contributed by atoms with van der Waals surface area (Å²) in [4.78, 5) is 29.0. The lowest BCUT2D eigenvalue weighted by Crippen LogP contribution is -2.46. The van der Waals surface area contributed by atoms with E-state index in [1.165, 1.54) is 10.9 Å². The number of carbonyl (C=O) groups excluding carboxylic acids is 1. The lowest BCUT2D eigenvalue weighted by atomic mass is 9.97. The molecule has 0 amide bonds. The van der Waals surface area contributed by atoms with E-state index in [9.17, 15) is 14.7 Å². The first kappa shape index (κ1) is 17.5. The molecule has 2 heterocycles. The van der Waals surface area contributed by atoms with E-state index in [0.717, 1.165) is 13.0 Å². The fourth-order valence-electron chi connectivity index (χ4n) is 2.91. The topological polar surface area (TPSA) is 84.2 Å². The smallest absolute Gasteiger partial charge is 0.261 e. The van der Waals surface area contributed by atoms with Crippen molar-refractivity contribution in [1.82, 2.24) is 14.9 Å². The zero-order valence-corrected chi connectivity index (χ0v) is 15.2. The number of benzene rings is 1. The Morgan fingerprint density at radius 2 is 2.29 bits per heavy atom. The average molecular weight is 415 g/mol. The summed E-state index contributed by atoms with van der Waals surface area (Å²) in [5.74, 6) is -0.125. The Bertz CT molecular complexity index is 839. The van der Waals surface area contributed by atoms with Crippen molar-refractivity contribution in [1.29, 1.82) is 0 Å². The van der Waals surface area contributed by atoms with Crippen LogP contribution in [0.4, 0.5) is 0 Å². The average Bonchev–Trinajstić information content (AvgIpc) is 2.54. The first-order valence-corrected chi connectivity index (χ1v) is 8.90. The maximum absolute atomic E-state index is 12.5. The summed E-state index contributed by atoms with van der Waals surface area (Å²) in [6.45, 7) is 0.722. The van der Waals surface area contributed by atoms with Crippen LogP contribution in [0.5, 0.6) is 0 Å². The van der Waals surface area contributed by atoms with Crippen LogP contribution in [-0.2, 0) is 11.3 Å². The van der Waals surface area contributed by atoms with Gasteiger partial charge in [-0.15, -0.1) is 0 Å². The first-order chi connectivity index (χ1) is 11.5. The molecule has 6 nitrogen and oxygen atoms in total. The molecule has 8 heteroatoms. The second-order valence-electron chi connectivity index (χ2n) is 5.97. The number of Topliss-reactive ketones (excluding diaryl/α,β-unsaturated/α-hetero) is 1. The molecule has 0 radical (unpaired) electrons. The molecule has 0 bridgehead atoms. The van der Waals surface area contributed by atoms with Gasteiger partial charge in [-0.1, -0.05) is 11.6 Å². The van der Waals surface area contributed by atoms with Crippen LogP contribution in [0.15, 0.2) is 27.7 Å². The number of aromatic nitrogens is 2. The van der Waals surface area contributed by atoms with Crippen LogP contribution in [-0.4, -0.2) is 39.1 Å². The van der Waals surface area contributed by atoms with Crippen LogP contribution in [0.2, 0.25) is 5.02 Å². The number of nitrogens with zero attached hydrogens (tertiary/aromatic N) is 2. The molecule has 2 aromatic rings. The van der Waals surface area contributed by atoms with E-state index in [2.05, 4.69) is 26.2 Å². The van der Waals surface area contributed by atoms with E-state index in [4.69, 9.17) is 11.6 Å². The van der Waals surface area contributed by atoms with E-state index in [-0.39, 0.29) is 30.3 Å². The van der Waals surface area contributed by atoms with Gasteiger partial charge in [-0.05, 0) is 47.4 Å². The molecule has 2 atom stereocenters. The molecular formula is C16H17BrClN3O3. The Balaban J connectivity index is 1.79. The van der Waals surface area contributed by atoms with Crippen molar-refractivity contribution in [3.8, 4) is 0 Å². The van der Waals surface area contributed by atoms with Crippen molar-refractivity contribution in [2.24, 2.45) is 0 Å². The molecule has 1 saturated heterocycles. The first-order valence-electron chi connectivity index (χ1n) is 7.73. The van der Waals surface area contributed by atoms with Crippen LogP contribution >= 0.6 is 27.5 Å². The number of halogens is 2. The van der Waals surface area contributed by atoms with Gasteiger partial charge in [-0.3, -0.25) is 14.2 Å². The van der Waals surface area contributed by atoms with E-state index in [1.54, 1.807) is 12.1 Å². The standard InChI is InChI=1S/C16H17BrClN3O3/c17-11-6-13-10(5-12(11)18)16(24)21(8-20-13)7-9(22)4-14-15(23)2-1-3-19-14/h5-6,8,14-15,19,23H,1-4,7H2/t14?,15-/m1/s1. The van der Waals surface area contributed by atoms with Gasteiger partial charge in [-0.25, -0.2) is 4.98 Å². The monoisotopic (exact) mass is 413 g/mol. The molecule has 0 saturated carbocycles. The Morgan fingerprint density at radius 3 is 3.04 bits per heavy atom. The molecule has 1 aliphatic heterocycles. The van der Waals surface area contributed by atoms with Gasteiger partial charge in [0.1, 0.15) is 0 Å². The third-order valence-electron chi connectivity index (χ3n) is 4.21. The Labute approximate surface area is 152 Å². The number of fused-ring (bicyclic) bond motifs is 1. The Morgan fingerprint density at radius 1 is 1.50 bits per heavy atom. The number of piperidine rings is 1. The highest BCUT2D eigenvalue weighted by Gasteiger charge is 2.25. The molecule has 24 heavy (non-hydrogen) atoms. The molecule has 128 valence electrons. The zero-order valence-electron chi connectivity index (χ0n) is 12.8. The molecule has 3 rings (SSSR count). The maximum atomic E-state index is 12.5. The van der Waals surface area contributed by atoms with Gasteiger partial charge < -0.3 is 10.4 Å². The fourth-order valence-corrected chi connectivity index (χ4v) is 3.40. The predicted molar refractivity (Wildman–Crippen MR) is 95.4 cm³/mol. The van der Waals surface area contributed by atoms with E-state index < -0.39 is 6.10 Å². The van der Waals surface area contributed by atoms with Crippen molar-refractivity contribution < 1.29 is 9.90 Å². The summed E-state index contributed by atoms with van der Waals surface area (Å²) in [5.41, 5.74) is 0.212. The maximum Gasteiger partial charge on any atom is 0.261 e. The minimum atomic E-state index is -0.523. The molecule has 0 spiro atoms. The molecule has 1 aromatic carbocycles. The van der Waals surface area contributed by atoms with Gasteiger partial charge in [0.2, 0.25) is 0 Å². The van der Waals surface area contributed by atoms with Crippen molar-refractivity contribution >= 4 is 44.2 Å². The largest absolute Gasteiger partial charge is 0.391 e. The predicted octanol–water partition coefficient (Wildman–Crippen LogP) is 1.88. The summed E-state index contributed by atoms with van der Waals surface area (Å²) in [6, 6.07) is 2.97. The number of hydrogen-bond donors (Lipinski definition) is 2. The van der Waals surface area contributed by atoms with Gasteiger partial charge >= 0.3 is 0 Å². The SMILES string of the molecule is O=C(CC1NCCC[C@H]1O)Cn1cnc2cc(Br)c(Cl)cc2c1=O. The molecule has 1 aromatic heterocycles. The molecule has 0 aliphatic carbocycles. The molecular weight excluding hydrogens is 398 g/mol. The molecule has 2 N–H and O–H groups in total. The van der Waals surface area contributed by atoms with E-state index >= 15 is 0 Å². The van der Waals surface area contributed by atoms with Crippen molar-refractivity contribution in [2.75, 3.05) is 6.54 Å². The van der Waals surface area contributed by atoms with Crippen molar-refractivity contribution in [3.05, 3.63) is 38.3 Å². The number of rotatable bonds is 4. The summed E-state index contributed by atoms with van der Waals surface area (Å²) in [5, 5.41) is 13.9. The molecule has 1 aliphatic rings. The summed E-state index contributed by atoms with van der Waals surface area (Å²) in [6.07, 6.45) is 2.62. The third kappa shape index (κ3) is 3.69. The second-order valence-corrected chi connectivity index (χ2v) is 7.24. The zero-order chi connectivity index (χ0) is 17.3. The van der Waals surface area contributed by atoms with Crippen LogP contribution < -0.4 is 10.9 Å². The lowest BCUT2D eigenvalue weighted by molar-refractivity contribution is -0.121. The number of aliphatic hydroxyl groups is 1. The van der Waals surface area contributed by atoms with E-state index in [1.807, 2.05) is 0 Å². The van der Waals surface area contributed by atoms with Crippen LogP contribution in [0.1, 0.15) is 19.3 Å².